The molecule has 0 heterocycles. The summed E-state index contributed by atoms with van der Waals surface area (Å²) < 4.78 is 6.22. The van der Waals surface area contributed by atoms with E-state index in [2.05, 4.69) is 13.5 Å². The van der Waals surface area contributed by atoms with E-state index in [-0.39, 0.29) is 11.6 Å². The van der Waals surface area contributed by atoms with Gasteiger partial charge >= 0.3 is 5.97 Å². The molecule has 0 spiro atoms. The van der Waals surface area contributed by atoms with Gasteiger partial charge in [-0.3, -0.25) is 0 Å². The SMILES string of the molecule is C=C(C)C(=O)OC1(CCCCCC)C2CC3CC(C2)CC1C3. The minimum absolute atomic E-state index is 0.150. The van der Waals surface area contributed by atoms with Gasteiger partial charge in [-0.1, -0.05) is 32.8 Å². The first-order valence-electron chi connectivity index (χ1n) is 9.44. The van der Waals surface area contributed by atoms with E-state index in [0.717, 1.165) is 18.3 Å². The minimum atomic E-state index is -0.156. The van der Waals surface area contributed by atoms with Gasteiger partial charge in [0.2, 0.25) is 0 Å². The molecule has 0 unspecified atom stereocenters. The van der Waals surface area contributed by atoms with Gasteiger partial charge in [0.25, 0.3) is 0 Å². The fourth-order valence-electron chi connectivity index (χ4n) is 5.70. The van der Waals surface area contributed by atoms with E-state index in [1.165, 1.54) is 57.8 Å². The molecule has 0 aliphatic heterocycles. The number of carbonyl (C=O) groups excluding carboxylic acids is 1. The fraction of sp³-hybridized carbons (Fsp3) is 0.850. The van der Waals surface area contributed by atoms with Crippen molar-refractivity contribution in [3.05, 3.63) is 12.2 Å². The van der Waals surface area contributed by atoms with E-state index in [1.54, 1.807) is 6.92 Å². The van der Waals surface area contributed by atoms with Crippen LogP contribution >= 0.6 is 0 Å². The molecular weight excluding hydrogens is 272 g/mol. The normalized spacial score (nSPS) is 39.0. The van der Waals surface area contributed by atoms with Crippen LogP contribution in [-0.2, 0) is 9.53 Å². The molecule has 4 bridgehead atoms. The molecule has 0 aromatic carbocycles. The van der Waals surface area contributed by atoms with Gasteiger partial charge in [0.15, 0.2) is 0 Å². The monoisotopic (exact) mass is 304 g/mol. The van der Waals surface area contributed by atoms with Crippen LogP contribution in [0.25, 0.3) is 0 Å². The Kier molecular flexibility index (Phi) is 4.66. The predicted octanol–water partition coefficient (Wildman–Crippen LogP) is 5.27. The van der Waals surface area contributed by atoms with Gasteiger partial charge in [0.05, 0.1) is 0 Å². The first kappa shape index (κ1) is 16.1. The molecule has 0 amide bonds. The zero-order valence-corrected chi connectivity index (χ0v) is 14.4. The summed E-state index contributed by atoms with van der Waals surface area (Å²) in [6.45, 7) is 7.84. The molecule has 0 radical (unpaired) electrons. The van der Waals surface area contributed by atoms with E-state index < -0.39 is 0 Å². The van der Waals surface area contributed by atoms with Gasteiger partial charge in [-0.25, -0.2) is 4.79 Å². The van der Waals surface area contributed by atoms with Crippen molar-refractivity contribution in [2.75, 3.05) is 0 Å². The molecule has 4 rings (SSSR count). The second-order valence-corrected chi connectivity index (χ2v) is 8.24. The maximum absolute atomic E-state index is 12.3. The third-order valence-electron chi connectivity index (χ3n) is 6.57. The van der Waals surface area contributed by atoms with Gasteiger partial charge in [-0.05, 0) is 75.5 Å². The largest absolute Gasteiger partial charge is 0.455 e. The number of carbonyl (C=O) groups is 1. The van der Waals surface area contributed by atoms with Gasteiger partial charge in [-0.2, -0.15) is 0 Å². The van der Waals surface area contributed by atoms with Crippen LogP contribution in [0.1, 0.15) is 78.1 Å². The van der Waals surface area contributed by atoms with Crippen LogP contribution in [0.15, 0.2) is 12.2 Å². The lowest BCUT2D eigenvalue weighted by atomic mass is 9.49. The molecule has 4 saturated carbocycles. The number of esters is 1. The lowest BCUT2D eigenvalue weighted by molar-refractivity contribution is -0.209. The quantitative estimate of drug-likeness (QED) is 0.364. The molecule has 4 aliphatic rings. The maximum Gasteiger partial charge on any atom is 0.333 e. The lowest BCUT2D eigenvalue weighted by Gasteiger charge is -2.60. The van der Waals surface area contributed by atoms with Crippen LogP contribution < -0.4 is 0 Å². The fourth-order valence-corrected chi connectivity index (χ4v) is 5.70. The molecule has 0 aromatic rings. The van der Waals surface area contributed by atoms with E-state index in [9.17, 15) is 4.79 Å². The Hall–Kier alpha value is -0.790. The zero-order chi connectivity index (χ0) is 15.7. The molecule has 0 saturated heterocycles. The third kappa shape index (κ3) is 2.86. The summed E-state index contributed by atoms with van der Waals surface area (Å²) in [5.74, 6) is 2.91. The molecule has 0 aromatic heterocycles. The van der Waals surface area contributed by atoms with Crippen molar-refractivity contribution in [2.45, 2.75) is 83.7 Å². The Morgan fingerprint density at radius 1 is 1.05 bits per heavy atom. The van der Waals surface area contributed by atoms with Gasteiger partial charge in [0, 0.05) is 5.57 Å². The first-order chi connectivity index (χ1) is 10.5. The Labute approximate surface area is 135 Å². The van der Waals surface area contributed by atoms with E-state index in [4.69, 9.17) is 4.74 Å². The van der Waals surface area contributed by atoms with Crippen LogP contribution in [-0.4, -0.2) is 11.6 Å². The van der Waals surface area contributed by atoms with Crippen molar-refractivity contribution < 1.29 is 9.53 Å². The molecule has 124 valence electrons. The highest BCUT2D eigenvalue weighted by atomic mass is 16.6. The second-order valence-electron chi connectivity index (χ2n) is 8.24. The van der Waals surface area contributed by atoms with E-state index >= 15 is 0 Å². The average Bonchev–Trinajstić information content (AvgIpc) is 2.47. The molecule has 0 atom stereocenters. The summed E-state index contributed by atoms with van der Waals surface area (Å²) in [6.07, 6.45) is 12.7. The highest BCUT2D eigenvalue weighted by Gasteiger charge is 2.59. The molecule has 4 fully saturated rings. The number of ether oxygens (including phenoxy) is 1. The summed E-state index contributed by atoms with van der Waals surface area (Å²) in [7, 11) is 0. The number of unbranched alkanes of at least 4 members (excludes halogenated alkanes) is 3. The van der Waals surface area contributed by atoms with Crippen LogP contribution in [0.5, 0.6) is 0 Å². The summed E-state index contributed by atoms with van der Waals surface area (Å²) in [5, 5.41) is 0. The molecule has 22 heavy (non-hydrogen) atoms. The van der Waals surface area contributed by atoms with Crippen LogP contribution in [0.4, 0.5) is 0 Å². The predicted molar refractivity (Wildman–Crippen MR) is 89.4 cm³/mol. The Morgan fingerprint density at radius 3 is 2.14 bits per heavy atom. The molecular formula is C20H32O2. The Morgan fingerprint density at radius 2 is 1.64 bits per heavy atom. The van der Waals surface area contributed by atoms with Crippen LogP contribution in [0.3, 0.4) is 0 Å². The zero-order valence-electron chi connectivity index (χ0n) is 14.4. The summed E-state index contributed by atoms with van der Waals surface area (Å²) >= 11 is 0. The van der Waals surface area contributed by atoms with Crippen molar-refractivity contribution in [3.8, 4) is 0 Å². The van der Waals surface area contributed by atoms with Gasteiger partial charge in [-0.15, -0.1) is 0 Å². The Balaban J connectivity index is 1.76. The van der Waals surface area contributed by atoms with E-state index in [0.29, 0.717) is 17.4 Å². The van der Waals surface area contributed by atoms with Crippen molar-refractivity contribution in [2.24, 2.45) is 23.7 Å². The molecule has 2 heteroatoms. The number of hydrogen-bond donors (Lipinski definition) is 0. The summed E-state index contributed by atoms with van der Waals surface area (Å²) in [4.78, 5) is 12.3. The molecule has 0 N–H and O–H groups in total. The topological polar surface area (TPSA) is 26.3 Å². The summed E-state index contributed by atoms with van der Waals surface area (Å²) in [6, 6.07) is 0. The highest BCUT2D eigenvalue weighted by molar-refractivity contribution is 5.87. The van der Waals surface area contributed by atoms with Crippen LogP contribution in [0.2, 0.25) is 0 Å². The maximum atomic E-state index is 12.3. The van der Waals surface area contributed by atoms with Gasteiger partial charge < -0.3 is 4.74 Å². The van der Waals surface area contributed by atoms with Gasteiger partial charge in [0.1, 0.15) is 5.60 Å². The van der Waals surface area contributed by atoms with Crippen molar-refractivity contribution in [1.82, 2.24) is 0 Å². The molecule has 4 aliphatic carbocycles. The van der Waals surface area contributed by atoms with Crippen LogP contribution in [0, 0.1) is 23.7 Å². The number of rotatable bonds is 7. The highest BCUT2D eigenvalue weighted by Crippen LogP contribution is 2.61. The summed E-state index contributed by atoms with van der Waals surface area (Å²) in [5.41, 5.74) is 0.402. The third-order valence-corrected chi connectivity index (χ3v) is 6.57. The minimum Gasteiger partial charge on any atom is -0.455 e. The van der Waals surface area contributed by atoms with E-state index in [1.807, 2.05) is 0 Å². The second kappa shape index (κ2) is 6.37. The molecule has 2 nitrogen and oxygen atoms in total. The van der Waals surface area contributed by atoms with Crippen molar-refractivity contribution in [1.29, 1.82) is 0 Å². The van der Waals surface area contributed by atoms with Crippen molar-refractivity contribution >= 4 is 5.97 Å². The standard InChI is InChI=1S/C20H32O2/c1-4-5-6-7-8-20(22-19(21)14(2)3)17-10-15-9-16(12-17)13-18(20)11-15/h15-18H,2,4-13H2,1,3H3. The van der Waals surface area contributed by atoms with Crippen molar-refractivity contribution in [3.63, 3.8) is 0 Å². The first-order valence-corrected chi connectivity index (χ1v) is 9.44. The average molecular weight is 304 g/mol. The lowest BCUT2D eigenvalue weighted by Crippen LogP contribution is -2.59. The number of hydrogen-bond acceptors (Lipinski definition) is 2. The smallest absolute Gasteiger partial charge is 0.333 e. The Bertz CT molecular complexity index is 409.